The monoisotopic (exact) mass is 425 g/mol. The van der Waals surface area contributed by atoms with Crippen LogP contribution in [0.25, 0.3) is 11.1 Å². The van der Waals surface area contributed by atoms with Gasteiger partial charge in [-0.3, -0.25) is 4.79 Å². The molecular weight excluding hydrogens is 414 g/mol. The number of carboxylic acid groups (broad SMARTS) is 1. The van der Waals surface area contributed by atoms with Crippen molar-refractivity contribution in [1.82, 2.24) is 0 Å². The molecule has 0 aliphatic carbocycles. The van der Waals surface area contributed by atoms with Gasteiger partial charge in [0.1, 0.15) is 27.8 Å². The van der Waals surface area contributed by atoms with E-state index in [1.54, 1.807) is 0 Å². The van der Waals surface area contributed by atoms with E-state index in [9.17, 15) is 32.3 Å². The van der Waals surface area contributed by atoms with Crippen LogP contribution in [0.5, 0.6) is 5.75 Å². The zero-order valence-corrected chi connectivity index (χ0v) is 15.4. The Labute approximate surface area is 165 Å². The van der Waals surface area contributed by atoms with Crippen molar-refractivity contribution in [2.45, 2.75) is 0 Å². The summed E-state index contributed by atoms with van der Waals surface area (Å²) >= 11 is 0.780. The van der Waals surface area contributed by atoms with Crippen molar-refractivity contribution >= 4 is 28.2 Å². The quantitative estimate of drug-likeness (QED) is 0.449. The van der Waals surface area contributed by atoms with E-state index in [4.69, 9.17) is 0 Å². The molecule has 0 spiro atoms. The number of anilines is 1. The van der Waals surface area contributed by atoms with Crippen molar-refractivity contribution in [3.8, 4) is 16.9 Å². The molecule has 10 heteroatoms. The highest BCUT2D eigenvalue weighted by atomic mass is 32.1. The van der Waals surface area contributed by atoms with Gasteiger partial charge in [0.15, 0.2) is 11.6 Å². The fourth-order valence-corrected chi connectivity index (χ4v) is 3.56. The zero-order valence-electron chi connectivity index (χ0n) is 14.6. The Morgan fingerprint density at radius 3 is 2.28 bits per heavy atom. The predicted molar refractivity (Wildman–Crippen MR) is 97.5 cm³/mol. The first-order valence-electron chi connectivity index (χ1n) is 7.88. The van der Waals surface area contributed by atoms with Crippen LogP contribution in [0.4, 0.5) is 22.6 Å². The Hall–Kier alpha value is -3.40. The number of carbonyl (C=O) groups is 2. The van der Waals surface area contributed by atoms with Crippen LogP contribution in [-0.4, -0.2) is 24.1 Å². The first-order chi connectivity index (χ1) is 13.7. The van der Waals surface area contributed by atoms with Gasteiger partial charge in [0.05, 0.1) is 7.11 Å². The summed E-state index contributed by atoms with van der Waals surface area (Å²) < 4.78 is 59.7. The molecule has 1 aromatic heterocycles. The van der Waals surface area contributed by atoms with E-state index >= 15 is 0 Å². The fourth-order valence-electron chi connectivity index (χ4n) is 2.60. The number of methoxy groups -OCH3 is 1. The van der Waals surface area contributed by atoms with Crippen LogP contribution in [0.15, 0.2) is 35.7 Å². The number of thiophene rings is 1. The minimum Gasteiger partial charge on any atom is -0.493 e. The molecule has 0 fully saturated rings. The maximum Gasteiger partial charge on any atom is 0.339 e. The first-order valence-corrected chi connectivity index (χ1v) is 8.76. The minimum atomic E-state index is -1.77. The van der Waals surface area contributed by atoms with E-state index < -0.39 is 46.5 Å². The van der Waals surface area contributed by atoms with Gasteiger partial charge in [0, 0.05) is 17.0 Å². The Balaban J connectivity index is 2.01. The minimum absolute atomic E-state index is 0.166. The molecule has 150 valence electrons. The molecular formula is C19H11F4NO4S. The number of hydrogen-bond acceptors (Lipinski definition) is 4. The summed E-state index contributed by atoms with van der Waals surface area (Å²) in [5, 5.41) is 12.8. The van der Waals surface area contributed by atoms with Crippen molar-refractivity contribution in [2.24, 2.45) is 0 Å². The number of carboxylic acids is 1. The van der Waals surface area contributed by atoms with Crippen LogP contribution in [-0.2, 0) is 0 Å². The average molecular weight is 425 g/mol. The number of amides is 1. The van der Waals surface area contributed by atoms with Crippen molar-refractivity contribution in [3.05, 3.63) is 70.1 Å². The SMILES string of the molecule is COc1cc(F)c(C(=O)Nc2scc(-c3ccc(F)cc3)c2C(=O)O)c(F)c1F. The van der Waals surface area contributed by atoms with Gasteiger partial charge >= 0.3 is 5.97 Å². The van der Waals surface area contributed by atoms with Crippen LogP contribution in [0.3, 0.4) is 0 Å². The second-order valence-corrected chi connectivity index (χ2v) is 6.56. The molecule has 3 rings (SSSR count). The van der Waals surface area contributed by atoms with Crippen molar-refractivity contribution in [1.29, 1.82) is 0 Å². The Morgan fingerprint density at radius 1 is 1.03 bits per heavy atom. The van der Waals surface area contributed by atoms with Gasteiger partial charge in [0.2, 0.25) is 5.82 Å². The highest BCUT2D eigenvalue weighted by molar-refractivity contribution is 7.15. The summed E-state index contributed by atoms with van der Waals surface area (Å²) in [7, 11) is 0.999. The molecule has 0 aliphatic rings. The van der Waals surface area contributed by atoms with Gasteiger partial charge in [-0.2, -0.15) is 4.39 Å². The van der Waals surface area contributed by atoms with Gasteiger partial charge in [0.25, 0.3) is 5.91 Å². The first kappa shape index (κ1) is 20.3. The van der Waals surface area contributed by atoms with E-state index in [2.05, 4.69) is 10.1 Å². The topological polar surface area (TPSA) is 75.6 Å². The summed E-state index contributed by atoms with van der Waals surface area (Å²) in [6.45, 7) is 0. The maximum absolute atomic E-state index is 14.1. The lowest BCUT2D eigenvalue weighted by atomic mass is 10.0. The molecule has 2 N–H and O–H groups in total. The van der Waals surface area contributed by atoms with Crippen molar-refractivity contribution < 1.29 is 37.0 Å². The molecule has 1 heterocycles. The molecule has 29 heavy (non-hydrogen) atoms. The van der Waals surface area contributed by atoms with Crippen LogP contribution in [0.1, 0.15) is 20.7 Å². The third-order valence-electron chi connectivity index (χ3n) is 3.96. The third-order valence-corrected chi connectivity index (χ3v) is 4.85. The fraction of sp³-hybridized carbons (Fsp3) is 0.0526. The number of aromatic carboxylic acids is 1. The standard InChI is InChI=1S/C19H11F4NO4S/c1-28-12-6-11(21)14(16(23)15(12)22)17(25)24-18-13(19(26)27)10(7-29-18)8-2-4-9(20)5-3-8/h2-7H,1H3,(H,24,25)(H,26,27). The van der Waals surface area contributed by atoms with E-state index in [0.717, 1.165) is 30.6 Å². The zero-order chi connectivity index (χ0) is 21.3. The molecule has 0 bridgehead atoms. The summed E-state index contributed by atoms with van der Waals surface area (Å²) in [5.74, 6) is -8.77. The molecule has 2 aromatic carbocycles. The lowest BCUT2D eigenvalue weighted by Crippen LogP contribution is -2.18. The number of ether oxygens (including phenoxy) is 1. The molecule has 0 aliphatic heterocycles. The second-order valence-electron chi connectivity index (χ2n) is 5.68. The maximum atomic E-state index is 14.1. The number of benzene rings is 2. The Kier molecular flexibility index (Phi) is 5.55. The number of rotatable bonds is 5. The molecule has 1 amide bonds. The van der Waals surface area contributed by atoms with E-state index in [1.165, 1.54) is 17.5 Å². The predicted octanol–water partition coefficient (Wildman–Crippen LogP) is 4.93. The van der Waals surface area contributed by atoms with Crippen LogP contribution in [0, 0.1) is 23.3 Å². The lowest BCUT2D eigenvalue weighted by molar-refractivity contribution is 0.0699. The molecule has 3 aromatic rings. The number of halogens is 4. The number of nitrogens with one attached hydrogen (secondary N) is 1. The van der Waals surface area contributed by atoms with Gasteiger partial charge in [-0.15, -0.1) is 11.3 Å². The summed E-state index contributed by atoms with van der Waals surface area (Å²) in [6.07, 6.45) is 0. The second kappa shape index (κ2) is 7.92. The van der Waals surface area contributed by atoms with Crippen LogP contribution in [0.2, 0.25) is 0 Å². The Morgan fingerprint density at radius 2 is 1.69 bits per heavy atom. The molecule has 0 radical (unpaired) electrons. The molecule has 0 saturated carbocycles. The average Bonchev–Trinajstić information content (AvgIpc) is 3.09. The van der Waals surface area contributed by atoms with Gasteiger partial charge < -0.3 is 15.2 Å². The van der Waals surface area contributed by atoms with Crippen molar-refractivity contribution in [3.63, 3.8) is 0 Å². The Bertz CT molecular complexity index is 1110. The summed E-state index contributed by atoms with van der Waals surface area (Å²) in [5.41, 5.74) is -1.06. The lowest BCUT2D eigenvalue weighted by Gasteiger charge is -2.10. The van der Waals surface area contributed by atoms with E-state index in [1.807, 2.05) is 0 Å². The summed E-state index contributed by atoms with van der Waals surface area (Å²) in [4.78, 5) is 24.0. The molecule has 5 nitrogen and oxygen atoms in total. The number of carbonyl (C=O) groups excluding carboxylic acids is 1. The van der Waals surface area contributed by atoms with Gasteiger partial charge in [-0.05, 0) is 17.7 Å². The normalized spacial score (nSPS) is 10.7. The summed E-state index contributed by atoms with van der Waals surface area (Å²) in [6, 6.07) is 5.44. The van der Waals surface area contributed by atoms with Crippen molar-refractivity contribution in [2.75, 3.05) is 12.4 Å². The smallest absolute Gasteiger partial charge is 0.339 e. The van der Waals surface area contributed by atoms with E-state index in [0.29, 0.717) is 11.6 Å². The van der Waals surface area contributed by atoms with Gasteiger partial charge in [-0.1, -0.05) is 12.1 Å². The highest BCUT2D eigenvalue weighted by Crippen LogP contribution is 2.36. The molecule has 0 saturated heterocycles. The number of hydrogen-bond donors (Lipinski definition) is 2. The largest absolute Gasteiger partial charge is 0.493 e. The van der Waals surface area contributed by atoms with Gasteiger partial charge in [-0.25, -0.2) is 18.0 Å². The van der Waals surface area contributed by atoms with E-state index in [-0.39, 0.29) is 16.1 Å². The van der Waals surface area contributed by atoms with Crippen LogP contribution < -0.4 is 10.1 Å². The molecule has 0 atom stereocenters. The third kappa shape index (κ3) is 3.79. The van der Waals surface area contributed by atoms with Crippen LogP contribution >= 0.6 is 11.3 Å². The highest BCUT2D eigenvalue weighted by Gasteiger charge is 2.27. The molecule has 0 unspecified atom stereocenters.